The molecule has 5 heteroatoms. The van der Waals surface area contributed by atoms with E-state index in [1.165, 1.54) is 6.07 Å². The van der Waals surface area contributed by atoms with Crippen molar-refractivity contribution in [1.29, 1.82) is 0 Å². The van der Waals surface area contributed by atoms with E-state index in [2.05, 4.69) is 26.2 Å². The molecule has 2 aromatic rings. The Bertz CT molecular complexity index is 573. The number of benzene rings is 1. The van der Waals surface area contributed by atoms with Crippen LogP contribution in [0, 0.1) is 0 Å². The third kappa shape index (κ3) is 3.79. The molecular formula is C14H13BrN2O2. The number of rotatable bonds is 4. The van der Waals surface area contributed by atoms with E-state index in [4.69, 9.17) is 0 Å². The average molecular weight is 321 g/mol. The zero-order chi connectivity index (χ0) is 13.7. The Labute approximate surface area is 119 Å². The molecule has 0 aliphatic carbocycles. The van der Waals surface area contributed by atoms with Gasteiger partial charge in [0.25, 0.3) is 5.91 Å². The van der Waals surface area contributed by atoms with Crippen molar-refractivity contribution in [2.45, 2.75) is 6.42 Å². The fourth-order valence-electron chi connectivity index (χ4n) is 1.62. The molecule has 0 unspecified atom stereocenters. The summed E-state index contributed by atoms with van der Waals surface area (Å²) in [5.41, 5.74) is 1.51. The molecule has 1 heterocycles. The van der Waals surface area contributed by atoms with Crippen molar-refractivity contribution in [2.24, 2.45) is 0 Å². The Morgan fingerprint density at radius 3 is 2.89 bits per heavy atom. The molecule has 0 saturated heterocycles. The van der Waals surface area contributed by atoms with E-state index in [9.17, 15) is 9.90 Å². The highest BCUT2D eigenvalue weighted by Gasteiger charge is 2.07. The summed E-state index contributed by atoms with van der Waals surface area (Å²) in [6, 6.07) is 8.56. The standard InChI is InChI=1S/C14H13BrN2O2/c15-12-4-3-11(8-13(12)18)14(19)17-7-5-10-2-1-6-16-9-10/h1-4,6,8-9,18H,5,7H2,(H,17,19). The number of hydrogen-bond donors (Lipinski definition) is 2. The minimum Gasteiger partial charge on any atom is -0.507 e. The van der Waals surface area contributed by atoms with Gasteiger partial charge in [-0.25, -0.2) is 0 Å². The Balaban J connectivity index is 1.89. The average Bonchev–Trinajstić information content (AvgIpc) is 2.43. The van der Waals surface area contributed by atoms with Crippen molar-refractivity contribution in [3.63, 3.8) is 0 Å². The van der Waals surface area contributed by atoms with Gasteiger partial charge in [0, 0.05) is 24.5 Å². The van der Waals surface area contributed by atoms with Crippen LogP contribution in [0.15, 0.2) is 47.2 Å². The van der Waals surface area contributed by atoms with Crippen LogP contribution in [-0.4, -0.2) is 22.5 Å². The van der Waals surface area contributed by atoms with E-state index in [0.717, 1.165) is 12.0 Å². The van der Waals surface area contributed by atoms with Gasteiger partial charge < -0.3 is 10.4 Å². The maximum Gasteiger partial charge on any atom is 0.251 e. The molecule has 0 bridgehead atoms. The quantitative estimate of drug-likeness (QED) is 0.910. The van der Waals surface area contributed by atoms with Gasteiger partial charge in [-0.15, -0.1) is 0 Å². The van der Waals surface area contributed by atoms with Gasteiger partial charge in [0.2, 0.25) is 0 Å². The lowest BCUT2D eigenvalue weighted by molar-refractivity contribution is 0.0953. The fraction of sp³-hybridized carbons (Fsp3) is 0.143. The predicted molar refractivity (Wildman–Crippen MR) is 76.1 cm³/mol. The van der Waals surface area contributed by atoms with Crippen LogP contribution in [-0.2, 0) is 6.42 Å². The largest absolute Gasteiger partial charge is 0.507 e. The molecule has 0 radical (unpaired) electrons. The molecular weight excluding hydrogens is 308 g/mol. The summed E-state index contributed by atoms with van der Waals surface area (Å²) in [6.45, 7) is 0.529. The number of pyridine rings is 1. The third-order valence-corrected chi connectivity index (χ3v) is 3.30. The summed E-state index contributed by atoms with van der Waals surface area (Å²) in [7, 11) is 0. The van der Waals surface area contributed by atoms with Crippen molar-refractivity contribution in [3.8, 4) is 5.75 Å². The summed E-state index contributed by atoms with van der Waals surface area (Å²) in [5, 5.41) is 12.3. The van der Waals surface area contributed by atoms with Gasteiger partial charge in [-0.1, -0.05) is 6.07 Å². The highest BCUT2D eigenvalue weighted by molar-refractivity contribution is 9.10. The van der Waals surface area contributed by atoms with Gasteiger partial charge in [-0.05, 0) is 52.2 Å². The smallest absolute Gasteiger partial charge is 0.251 e. The molecule has 19 heavy (non-hydrogen) atoms. The van der Waals surface area contributed by atoms with Gasteiger partial charge in [0.05, 0.1) is 4.47 Å². The number of carbonyl (C=O) groups excluding carboxylic acids is 1. The first-order valence-electron chi connectivity index (χ1n) is 5.82. The van der Waals surface area contributed by atoms with Gasteiger partial charge in [0.1, 0.15) is 5.75 Å². The third-order valence-electron chi connectivity index (χ3n) is 2.63. The number of nitrogens with one attached hydrogen (secondary N) is 1. The Morgan fingerprint density at radius 2 is 2.21 bits per heavy atom. The summed E-state index contributed by atoms with van der Waals surface area (Å²) >= 11 is 3.17. The molecule has 98 valence electrons. The Kier molecular flexibility index (Phi) is 4.52. The summed E-state index contributed by atoms with van der Waals surface area (Å²) in [6.07, 6.45) is 4.21. The molecule has 0 fully saturated rings. The Morgan fingerprint density at radius 1 is 1.37 bits per heavy atom. The summed E-state index contributed by atoms with van der Waals surface area (Å²) in [4.78, 5) is 15.9. The number of hydrogen-bond acceptors (Lipinski definition) is 3. The first kappa shape index (κ1) is 13.5. The molecule has 1 amide bonds. The van der Waals surface area contributed by atoms with Crippen LogP contribution in [0.5, 0.6) is 5.75 Å². The molecule has 2 N–H and O–H groups in total. The van der Waals surface area contributed by atoms with Crippen molar-refractivity contribution in [1.82, 2.24) is 10.3 Å². The first-order valence-corrected chi connectivity index (χ1v) is 6.62. The first-order chi connectivity index (χ1) is 9.16. The number of amides is 1. The number of phenolic OH excluding ortho intramolecular Hbond substituents is 1. The predicted octanol–water partition coefficient (Wildman–Crippen LogP) is 2.52. The van der Waals surface area contributed by atoms with E-state index in [1.807, 2.05) is 12.1 Å². The molecule has 0 spiro atoms. The van der Waals surface area contributed by atoms with Gasteiger partial charge >= 0.3 is 0 Å². The molecule has 1 aromatic carbocycles. The van der Waals surface area contributed by atoms with E-state index in [-0.39, 0.29) is 11.7 Å². The maximum absolute atomic E-state index is 11.8. The summed E-state index contributed by atoms with van der Waals surface area (Å²) < 4.78 is 0.569. The van der Waals surface area contributed by atoms with Crippen molar-refractivity contribution in [3.05, 3.63) is 58.3 Å². The number of halogens is 1. The fourth-order valence-corrected chi connectivity index (χ4v) is 1.87. The van der Waals surface area contributed by atoms with Crippen molar-refractivity contribution in [2.75, 3.05) is 6.54 Å². The zero-order valence-electron chi connectivity index (χ0n) is 10.1. The second-order valence-corrected chi connectivity index (χ2v) is 4.89. The number of nitrogens with zero attached hydrogens (tertiary/aromatic N) is 1. The van der Waals surface area contributed by atoms with Crippen molar-refractivity contribution < 1.29 is 9.90 Å². The Hall–Kier alpha value is -1.88. The van der Waals surface area contributed by atoms with Crippen LogP contribution >= 0.6 is 15.9 Å². The lowest BCUT2D eigenvalue weighted by atomic mass is 10.2. The van der Waals surface area contributed by atoms with Gasteiger partial charge in [-0.3, -0.25) is 9.78 Å². The topological polar surface area (TPSA) is 62.2 Å². The van der Waals surface area contributed by atoms with E-state index in [0.29, 0.717) is 16.6 Å². The molecule has 1 aromatic heterocycles. The maximum atomic E-state index is 11.8. The number of phenols is 1. The van der Waals surface area contributed by atoms with Crippen LogP contribution < -0.4 is 5.32 Å². The normalized spacial score (nSPS) is 10.2. The second-order valence-electron chi connectivity index (χ2n) is 4.03. The van der Waals surface area contributed by atoms with E-state index < -0.39 is 0 Å². The minimum absolute atomic E-state index is 0.0555. The molecule has 0 atom stereocenters. The van der Waals surface area contributed by atoms with Gasteiger partial charge in [0.15, 0.2) is 0 Å². The highest BCUT2D eigenvalue weighted by Crippen LogP contribution is 2.24. The zero-order valence-corrected chi connectivity index (χ0v) is 11.7. The lowest BCUT2D eigenvalue weighted by Gasteiger charge is -2.06. The van der Waals surface area contributed by atoms with E-state index in [1.54, 1.807) is 24.5 Å². The number of aromatic nitrogens is 1. The highest BCUT2D eigenvalue weighted by atomic mass is 79.9. The molecule has 0 saturated carbocycles. The van der Waals surface area contributed by atoms with E-state index >= 15 is 0 Å². The van der Waals surface area contributed by atoms with Gasteiger partial charge in [-0.2, -0.15) is 0 Å². The SMILES string of the molecule is O=C(NCCc1cccnc1)c1ccc(Br)c(O)c1. The van der Waals surface area contributed by atoms with Crippen LogP contribution in [0.2, 0.25) is 0 Å². The second kappa shape index (κ2) is 6.33. The molecule has 4 nitrogen and oxygen atoms in total. The minimum atomic E-state index is -0.202. The van der Waals surface area contributed by atoms with Crippen LogP contribution in [0.1, 0.15) is 15.9 Å². The van der Waals surface area contributed by atoms with Crippen molar-refractivity contribution >= 4 is 21.8 Å². The lowest BCUT2D eigenvalue weighted by Crippen LogP contribution is -2.25. The molecule has 0 aliphatic rings. The molecule has 0 aliphatic heterocycles. The van der Waals surface area contributed by atoms with Crippen LogP contribution in [0.4, 0.5) is 0 Å². The molecule has 2 rings (SSSR count). The number of carbonyl (C=O) groups is 1. The van der Waals surface area contributed by atoms with Crippen LogP contribution in [0.3, 0.4) is 0 Å². The monoisotopic (exact) mass is 320 g/mol. The van der Waals surface area contributed by atoms with Crippen LogP contribution in [0.25, 0.3) is 0 Å². The summed E-state index contributed by atoms with van der Waals surface area (Å²) in [5.74, 6) is -0.147. The number of aromatic hydroxyl groups is 1.